The van der Waals surface area contributed by atoms with Crippen LogP contribution in [0.25, 0.3) is 0 Å². The van der Waals surface area contributed by atoms with E-state index in [1.54, 1.807) is 36.2 Å². The van der Waals surface area contributed by atoms with Gasteiger partial charge in [-0.05, 0) is 75.3 Å². The highest BCUT2D eigenvalue weighted by Gasteiger charge is 2.63. The van der Waals surface area contributed by atoms with Gasteiger partial charge in [0.05, 0.1) is 11.6 Å². The maximum atomic E-state index is 13.4. The minimum Gasteiger partial charge on any atom is -0.469 e. The van der Waals surface area contributed by atoms with E-state index >= 15 is 0 Å². The number of imide groups is 1. The number of amides is 4. The van der Waals surface area contributed by atoms with Crippen LogP contribution >= 0.6 is 0 Å². The summed E-state index contributed by atoms with van der Waals surface area (Å²) in [5, 5.41) is 2.83. The molecule has 0 aliphatic carbocycles. The molecule has 1 N–H and O–H groups in total. The second-order valence-corrected chi connectivity index (χ2v) is 11.0. The highest BCUT2D eigenvalue weighted by atomic mass is 19.4. The molecule has 8 nitrogen and oxygen atoms in total. The maximum absolute atomic E-state index is 13.4. The van der Waals surface area contributed by atoms with E-state index in [1.165, 1.54) is 12.1 Å². The Morgan fingerprint density at radius 1 is 0.976 bits per heavy atom. The Morgan fingerprint density at radius 3 is 2.07 bits per heavy atom. The molecule has 0 saturated carbocycles. The zero-order valence-corrected chi connectivity index (χ0v) is 25.1. The van der Waals surface area contributed by atoms with Crippen molar-refractivity contribution in [2.45, 2.75) is 64.9 Å². The number of likely N-dealkylation sites (tertiary alicyclic amines) is 1. The number of carbonyl (C=O) groups is 3. The molecule has 2 aromatic rings. The SMILES string of the molecule is CCC[C@@H](NC(=O)N1C(=O)C(CC)(CC)C1Oc1ccc(C(=O)N(C)CCN(C)C)cc1)c1ccc(C(F)(F)F)cc1. The highest BCUT2D eigenvalue weighted by molar-refractivity contribution is 6.03. The topological polar surface area (TPSA) is 82.2 Å². The van der Waals surface area contributed by atoms with Crippen LogP contribution in [0.2, 0.25) is 0 Å². The number of alkyl halides is 3. The Balaban J connectivity index is 1.78. The largest absolute Gasteiger partial charge is 0.469 e. The van der Waals surface area contributed by atoms with Gasteiger partial charge in [-0.3, -0.25) is 9.59 Å². The van der Waals surface area contributed by atoms with Crippen LogP contribution in [0.1, 0.15) is 74.0 Å². The summed E-state index contributed by atoms with van der Waals surface area (Å²) in [6, 6.07) is 9.98. The predicted octanol–water partition coefficient (Wildman–Crippen LogP) is 5.94. The first-order valence-electron chi connectivity index (χ1n) is 14.3. The fourth-order valence-electron chi connectivity index (χ4n) is 5.11. The normalized spacial score (nSPS) is 17.0. The number of nitrogens with one attached hydrogen (secondary N) is 1. The minimum absolute atomic E-state index is 0.134. The zero-order chi connectivity index (χ0) is 31.2. The van der Waals surface area contributed by atoms with Crippen LogP contribution in [0, 0.1) is 5.41 Å². The quantitative estimate of drug-likeness (QED) is 0.309. The number of halogens is 3. The lowest BCUT2D eigenvalue weighted by Gasteiger charge is -2.53. The molecule has 0 aromatic heterocycles. The van der Waals surface area contributed by atoms with Crippen molar-refractivity contribution in [3.63, 3.8) is 0 Å². The van der Waals surface area contributed by atoms with Crippen molar-refractivity contribution in [2.75, 3.05) is 34.2 Å². The lowest BCUT2D eigenvalue weighted by atomic mass is 9.72. The van der Waals surface area contributed by atoms with Gasteiger partial charge in [0, 0.05) is 25.7 Å². The molecule has 1 aliphatic heterocycles. The Kier molecular flexibility index (Phi) is 10.6. The maximum Gasteiger partial charge on any atom is 0.416 e. The fraction of sp³-hybridized carbons (Fsp3) is 0.516. The molecule has 1 unspecified atom stereocenters. The van der Waals surface area contributed by atoms with Gasteiger partial charge in [0.2, 0.25) is 5.91 Å². The predicted molar refractivity (Wildman–Crippen MR) is 154 cm³/mol. The van der Waals surface area contributed by atoms with Crippen LogP contribution in [-0.2, 0) is 11.0 Å². The smallest absolute Gasteiger partial charge is 0.416 e. The zero-order valence-electron chi connectivity index (χ0n) is 25.1. The molecule has 42 heavy (non-hydrogen) atoms. The number of carbonyl (C=O) groups excluding carboxylic acids is 3. The van der Waals surface area contributed by atoms with Crippen LogP contribution in [0.5, 0.6) is 5.75 Å². The van der Waals surface area contributed by atoms with Crippen molar-refractivity contribution in [1.82, 2.24) is 20.0 Å². The molecule has 1 heterocycles. The Morgan fingerprint density at radius 2 is 1.57 bits per heavy atom. The van der Waals surface area contributed by atoms with Gasteiger partial charge >= 0.3 is 12.2 Å². The number of urea groups is 1. The number of β-lactam (4-membered cyclic amide) rings is 1. The average Bonchev–Trinajstić information content (AvgIpc) is 2.96. The summed E-state index contributed by atoms with van der Waals surface area (Å²) in [5.74, 6) is -0.103. The van der Waals surface area contributed by atoms with E-state index in [0.717, 1.165) is 23.6 Å². The van der Waals surface area contributed by atoms with Crippen molar-refractivity contribution in [1.29, 1.82) is 0 Å². The molecule has 230 valence electrons. The number of rotatable bonds is 12. The van der Waals surface area contributed by atoms with Gasteiger partial charge in [-0.1, -0.05) is 39.3 Å². The van der Waals surface area contributed by atoms with Crippen molar-refractivity contribution < 1.29 is 32.3 Å². The van der Waals surface area contributed by atoms with Gasteiger partial charge in [0.25, 0.3) is 5.91 Å². The van der Waals surface area contributed by atoms with Crippen LogP contribution < -0.4 is 10.1 Å². The number of nitrogens with zero attached hydrogens (tertiary/aromatic N) is 3. The number of likely N-dealkylation sites (N-methyl/N-ethyl adjacent to an activating group) is 2. The second-order valence-electron chi connectivity index (χ2n) is 11.0. The lowest BCUT2D eigenvalue weighted by Crippen LogP contribution is -2.73. The molecule has 0 bridgehead atoms. The molecule has 1 saturated heterocycles. The first-order valence-corrected chi connectivity index (χ1v) is 14.3. The van der Waals surface area contributed by atoms with E-state index in [4.69, 9.17) is 4.74 Å². The van der Waals surface area contributed by atoms with Crippen LogP contribution in [0.15, 0.2) is 48.5 Å². The molecule has 1 fully saturated rings. The Labute approximate surface area is 245 Å². The van der Waals surface area contributed by atoms with Crippen molar-refractivity contribution in [2.24, 2.45) is 5.41 Å². The van der Waals surface area contributed by atoms with E-state index in [9.17, 15) is 27.6 Å². The van der Waals surface area contributed by atoms with E-state index in [-0.39, 0.29) is 11.8 Å². The van der Waals surface area contributed by atoms with Crippen molar-refractivity contribution in [3.8, 4) is 5.75 Å². The Bertz CT molecular complexity index is 1230. The van der Waals surface area contributed by atoms with Gasteiger partial charge < -0.3 is 19.9 Å². The van der Waals surface area contributed by atoms with Gasteiger partial charge in [-0.2, -0.15) is 13.2 Å². The van der Waals surface area contributed by atoms with Crippen molar-refractivity contribution >= 4 is 17.8 Å². The first-order chi connectivity index (χ1) is 19.8. The molecule has 11 heteroatoms. The van der Waals surface area contributed by atoms with E-state index in [1.807, 2.05) is 39.8 Å². The third-order valence-electron chi connectivity index (χ3n) is 7.93. The number of benzene rings is 2. The van der Waals surface area contributed by atoms with E-state index < -0.39 is 35.5 Å². The molecule has 1 aliphatic rings. The molecular formula is C31H41F3N4O4. The third kappa shape index (κ3) is 7.06. The summed E-state index contributed by atoms with van der Waals surface area (Å²) >= 11 is 0. The summed E-state index contributed by atoms with van der Waals surface area (Å²) in [6.45, 7) is 6.92. The van der Waals surface area contributed by atoms with E-state index in [0.29, 0.717) is 49.1 Å². The number of hydrogen-bond acceptors (Lipinski definition) is 5. The molecule has 3 rings (SSSR count). The Hall–Kier alpha value is -3.60. The van der Waals surface area contributed by atoms with Gasteiger partial charge in [-0.25, -0.2) is 9.69 Å². The van der Waals surface area contributed by atoms with Crippen LogP contribution in [0.4, 0.5) is 18.0 Å². The molecular weight excluding hydrogens is 549 g/mol. The summed E-state index contributed by atoms with van der Waals surface area (Å²) < 4.78 is 45.4. The molecule has 2 aromatic carbocycles. The number of hydrogen-bond donors (Lipinski definition) is 1. The molecule has 0 radical (unpaired) electrons. The highest BCUT2D eigenvalue weighted by Crippen LogP contribution is 2.46. The monoisotopic (exact) mass is 590 g/mol. The van der Waals surface area contributed by atoms with E-state index in [2.05, 4.69) is 5.32 Å². The molecule has 4 amide bonds. The first kappa shape index (κ1) is 32.9. The molecule has 2 atom stereocenters. The second kappa shape index (κ2) is 13.6. The average molecular weight is 591 g/mol. The third-order valence-corrected chi connectivity index (χ3v) is 7.93. The van der Waals surface area contributed by atoms with Crippen LogP contribution in [-0.4, -0.2) is 73.0 Å². The fourth-order valence-corrected chi connectivity index (χ4v) is 5.11. The summed E-state index contributed by atoms with van der Waals surface area (Å²) in [4.78, 5) is 44.3. The van der Waals surface area contributed by atoms with Gasteiger partial charge in [0.15, 0.2) is 6.23 Å². The van der Waals surface area contributed by atoms with Crippen molar-refractivity contribution in [3.05, 3.63) is 65.2 Å². The lowest BCUT2D eigenvalue weighted by molar-refractivity contribution is -0.191. The van der Waals surface area contributed by atoms with Gasteiger partial charge in [-0.15, -0.1) is 0 Å². The summed E-state index contributed by atoms with van der Waals surface area (Å²) in [5.41, 5.74) is -0.689. The molecule has 0 spiro atoms. The number of ether oxygens (including phenoxy) is 1. The van der Waals surface area contributed by atoms with Crippen LogP contribution in [0.3, 0.4) is 0 Å². The summed E-state index contributed by atoms with van der Waals surface area (Å²) in [7, 11) is 5.61. The summed E-state index contributed by atoms with van der Waals surface area (Å²) in [6.07, 6.45) is -3.34. The standard InChI is InChI=1S/C31H41F3N4O4/c1-7-10-25(21-11-15-23(16-12-21)31(32,33)34)35-29(41)38-27(40)30(8-2,9-3)28(38)42-24-17-13-22(14-18-24)26(39)37(6)20-19-36(4)5/h11-18,25,28H,7-10,19-20H2,1-6H3,(H,35,41)/t25-,28?/m1/s1. The minimum atomic E-state index is -4.46. The van der Waals surface area contributed by atoms with Gasteiger partial charge in [0.1, 0.15) is 11.2 Å².